The van der Waals surface area contributed by atoms with Gasteiger partial charge in [0, 0.05) is 5.92 Å². The van der Waals surface area contributed by atoms with E-state index in [2.05, 4.69) is 20.2 Å². The molecular weight excluding hydrogens is 356 g/mol. The second kappa shape index (κ2) is 6.52. The molecule has 26 heavy (non-hydrogen) atoms. The predicted molar refractivity (Wildman–Crippen MR) is 93.0 cm³/mol. The van der Waals surface area contributed by atoms with Crippen molar-refractivity contribution >= 4 is 9.84 Å². The average molecular weight is 374 g/mol. The molecule has 2 aromatic heterocycles. The Balaban J connectivity index is 1.73. The van der Waals surface area contributed by atoms with E-state index in [1.807, 2.05) is 24.3 Å². The summed E-state index contributed by atoms with van der Waals surface area (Å²) < 4.78 is 32.4. The van der Waals surface area contributed by atoms with Crippen LogP contribution < -0.4 is 4.74 Å². The number of rotatable bonds is 5. The van der Waals surface area contributed by atoms with E-state index in [1.165, 1.54) is 6.33 Å². The molecule has 3 heterocycles. The first-order valence-corrected chi connectivity index (χ1v) is 9.99. The minimum Gasteiger partial charge on any atom is -0.497 e. The lowest BCUT2D eigenvalue weighted by molar-refractivity contribution is 0.414. The Labute approximate surface area is 150 Å². The van der Waals surface area contributed by atoms with Crippen LogP contribution in [-0.4, -0.2) is 56.6 Å². The summed E-state index contributed by atoms with van der Waals surface area (Å²) in [5, 5.41) is 8.65. The van der Waals surface area contributed by atoms with Crippen LogP contribution in [0.25, 0.3) is 5.69 Å². The van der Waals surface area contributed by atoms with Crippen molar-refractivity contribution in [3.05, 3.63) is 48.6 Å². The zero-order chi connectivity index (χ0) is 18.1. The van der Waals surface area contributed by atoms with Crippen LogP contribution in [0.5, 0.6) is 5.75 Å². The van der Waals surface area contributed by atoms with E-state index in [-0.39, 0.29) is 17.4 Å². The third kappa shape index (κ3) is 3.32. The first-order chi connectivity index (χ1) is 12.5. The lowest BCUT2D eigenvalue weighted by Gasteiger charge is -2.10. The van der Waals surface area contributed by atoms with Crippen LogP contribution >= 0.6 is 0 Å². The summed E-state index contributed by atoms with van der Waals surface area (Å²) >= 11 is 0. The van der Waals surface area contributed by atoms with Crippen LogP contribution in [-0.2, 0) is 16.4 Å². The molecule has 0 N–H and O–H groups in total. The van der Waals surface area contributed by atoms with E-state index in [0.717, 1.165) is 11.4 Å². The van der Waals surface area contributed by atoms with E-state index in [9.17, 15) is 8.42 Å². The minimum atomic E-state index is -3.02. The molecule has 4 rings (SSSR count). The van der Waals surface area contributed by atoms with Gasteiger partial charge in [0.1, 0.15) is 30.8 Å². The van der Waals surface area contributed by atoms with Gasteiger partial charge in [-0.05, 0) is 30.7 Å². The summed E-state index contributed by atoms with van der Waals surface area (Å²) in [7, 11) is -1.42. The lowest BCUT2D eigenvalue weighted by atomic mass is 10.1. The molecule has 1 atom stereocenters. The molecule has 0 saturated carbocycles. The standard InChI is InChI=1S/C16H18N6O3S/c1-25-14-4-2-13(3-5-14)22-16(12-6-7-26(23,24)9-12)19-15(20-22)8-21-11-17-10-18-21/h2-5,10-12H,6-9H2,1H3/t12-/m0/s1. The zero-order valence-electron chi connectivity index (χ0n) is 14.2. The molecule has 0 aliphatic carbocycles. The van der Waals surface area contributed by atoms with E-state index >= 15 is 0 Å². The minimum absolute atomic E-state index is 0.102. The fourth-order valence-electron chi connectivity index (χ4n) is 3.07. The largest absolute Gasteiger partial charge is 0.497 e. The van der Waals surface area contributed by atoms with Crippen molar-refractivity contribution < 1.29 is 13.2 Å². The molecule has 0 radical (unpaired) electrons. The normalized spacial score (nSPS) is 18.9. The van der Waals surface area contributed by atoms with Gasteiger partial charge in [-0.2, -0.15) is 5.10 Å². The van der Waals surface area contributed by atoms with Gasteiger partial charge in [-0.1, -0.05) is 0 Å². The first kappa shape index (κ1) is 16.7. The summed E-state index contributed by atoms with van der Waals surface area (Å²) in [6.45, 7) is 0.371. The molecular formula is C16H18N6O3S. The van der Waals surface area contributed by atoms with Gasteiger partial charge in [0.25, 0.3) is 0 Å². The topological polar surface area (TPSA) is 105 Å². The second-order valence-corrected chi connectivity index (χ2v) is 8.42. The molecule has 136 valence electrons. The highest BCUT2D eigenvalue weighted by atomic mass is 32.2. The van der Waals surface area contributed by atoms with Crippen molar-refractivity contribution in [2.45, 2.75) is 18.9 Å². The van der Waals surface area contributed by atoms with Crippen molar-refractivity contribution in [3.63, 3.8) is 0 Å². The number of ether oxygens (including phenoxy) is 1. The fraction of sp³-hybridized carbons (Fsp3) is 0.375. The van der Waals surface area contributed by atoms with E-state index in [4.69, 9.17) is 4.74 Å². The Hall–Kier alpha value is -2.75. The molecule has 9 nitrogen and oxygen atoms in total. The Kier molecular flexibility index (Phi) is 4.19. The van der Waals surface area contributed by atoms with Crippen molar-refractivity contribution in [1.29, 1.82) is 0 Å². The van der Waals surface area contributed by atoms with Crippen molar-refractivity contribution in [2.24, 2.45) is 0 Å². The van der Waals surface area contributed by atoms with Crippen LogP contribution in [0.3, 0.4) is 0 Å². The van der Waals surface area contributed by atoms with Crippen molar-refractivity contribution in [1.82, 2.24) is 29.5 Å². The summed E-state index contributed by atoms with van der Waals surface area (Å²) in [6.07, 6.45) is 3.60. The Bertz CT molecular complexity index is 995. The van der Waals surface area contributed by atoms with E-state index in [0.29, 0.717) is 24.6 Å². The highest BCUT2D eigenvalue weighted by Crippen LogP contribution is 2.29. The number of hydrogen-bond acceptors (Lipinski definition) is 7. The first-order valence-electron chi connectivity index (χ1n) is 8.17. The number of sulfone groups is 1. The Morgan fingerprint density at radius 3 is 2.69 bits per heavy atom. The summed E-state index contributed by atoms with van der Waals surface area (Å²) in [5.41, 5.74) is 0.808. The monoisotopic (exact) mass is 374 g/mol. The molecule has 1 aliphatic heterocycles. The summed E-state index contributed by atoms with van der Waals surface area (Å²) in [5.74, 6) is 2.08. The number of nitrogens with zero attached hydrogens (tertiary/aromatic N) is 6. The SMILES string of the molecule is COc1ccc(-n2nc(Cn3cncn3)nc2[C@H]2CCS(=O)(=O)C2)cc1. The van der Waals surface area contributed by atoms with Gasteiger partial charge in [-0.25, -0.2) is 27.7 Å². The van der Waals surface area contributed by atoms with Crippen molar-refractivity contribution in [3.8, 4) is 11.4 Å². The Morgan fingerprint density at radius 1 is 1.27 bits per heavy atom. The number of benzene rings is 1. The molecule has 10 heteroatoms. The number of hydrogen-bond donors (Lipinski definition) is 0. The van der Waals surface area contributed by atoms with Gasteiger partial charge in [-0.15, -0.1) is 5.10 Å². The maximum atomic E-state index is 11.9. The maximum Gasteiger partial charge on any atom is 0.172 e. The van der Waals surface area contributed by atoms with Gasteiger partial charge in [0.05, 0.1) is 24.3 Å². The number of methoxy groups -OCH3 is 1. The maximum absolute atomic E-state index is 11.9. The van der Waals surface area contributed by atoms with Crippen LogP contribution in [0.4, 0.5) is 0 Å². The summed E-state index contributed by atoms with van der Waals surface area (Å²) in [6, 6.07) is 7.42. The van der Waals surface area contributed by atoms with Gasteiger partial charge in [0.15, 0.2) is 15.7 Å². The van der Waals surface area contributed by atoms with E-state index in [1.54, 1.807) is 22.8 Å². The van der Waals surface area contributed by atoms with Crippen LogP contribution in [0.1, 0.15) is 24.0 Å². The van der Waals surface area contributed by atoms with E-state index < -0.39 is 9.84 Å². The van der Waals surface area contributed by atoms with Crippen LogP contribution in [0.2, 0.25) is 0 Å². The third-order valence-corrected chi connectivity index (χ3v) is 6.13. The molecule has 1 saturated heterocycles. The molecule has 3 aromatic rings. The molecule has 0 spiro atoms. The molecule has 1 fully saturated rings. The number of aromatic nitrogens is 6. The smallest absolute Gasteiger partial charge is 0.172 e. The molecule has 0 amide bonds. The summed E-state index contributed by atoms with van der Waals surface area (Å²) in [4.78, 5) is 8.54. The molecule has 1 aromatic carbocycles. The van der Waals surface area contributed by atoms with Gasteiger partial charge >= 0.3 is 0 Å². The van der Waals surface area contributed by atoms with Crippen molar-refractivity contribution in [2.75, 3.05) is 18.6 Å². The zero-order valence-corrected chi connectivity index (χ0v) is 15.0. The molecule has 0 unspecified atom stereocenters. The highest BCUT2D eigenvalue weighted by molar-refractivity contribution is 7.91. The third-order valence-electron chi connectivity index (χ3n) is 4.36. The predicted octanol–water partition coefficient (Wildman–Crippen LogP) is 0.818. The lowest BCUT2D eigenvalue weighted by Crippen LogP contribution is -2.10. The molecule has 1 aliphatic rings. The molecule has 0 bridgehead atoms. The van der Waals surface area contributed by atoms with Crippen LogP contribution in [0.15, 0.2) is 36.9 Å². The average Bonchev–Trinajstić information content (AvgIpc) is 3.35. The van der Waals surface area contributed by atoms with Gasteiger partial charge in [-0.3, -0.25) is 0 Å². The fourth-order valence-corrected chi connectivity index (χ4v) is 4.81. The quantitative estimate of drug-likeness (QED) is 0.651. The second-order valence-electron chi connectivity index (χ2n) is 6.19. The van der Waals surface area contributed by atoms with Gasteiger partial charge in [0.2, 0.25) is 0 Å². The van der Waals surface area contributed by atoms with Crippen LogP contribution in [0, 0.1) is 0 Å². The Morgan fingerprint density at radius 2 is 2.08 bits per heavy atom. The highest BCUT2D eigenvalue weighted by Gasteiger charge is 2.33. The van der Waals surface area contributed by atoms with Gasteiger partial charge < -0.3 is 4.74 Å².